The maximum absolute atomic E-state index is 14.2. The first-order chi connectivity index (χ1) is 18.2. The smallest absolute Gasteiger partial charge is 0.408 e. The van der Waals surface area contributed by atoms with Gasteiger partial charge in [-0.25, -0.2) is 4.79 Å². The third-order valence-electron chi connectivity index (χ3n) is 6.70. The molecular weight excluding hydrogens is 498 g/mol. The predicted octanol–water partition coefficient (Wildman–Crippen LogP) is 5.18. The number of aromatic hydroxyl groups is 1. The average molecular weight is 540 g/mol. The summed E-state index contributed by atoms with van der Waals surface area (Å²) in [5.41, 5.74) is 0.954. The summed E-state index contributed by atoms with van der Waals surface area (Å²) in [6, 6.07) is 9.70. The number of nitrogens with one attached hydrogen (secondary N) is 2. The van der Waals surface area contributed by atoms with E-state index in [1.54, 1.807) is 76.1 Å². The maximum atomic E-state index is 14.2. The van der Waals surface area contributed by atoms with Gasteiger partial charge >= 0.3 is 6.09 Å². The first kappa shape index (κ1) is 29.8. The lowest BCUT2D eigenvalue weighted by Crippen LogP contribution is -2.55. The van der Waals surface area contributed by atoms with E-state index in [0.29, 0.717) is 22.6 Å². The standard InChI is InChI=1S/C30H41N3O6/c1-17(2)25(32-29(37)39-30(5,6)7)28(36)33(23-16-18(23)3)26(20-9-14-24(34)19(4)15-20)27(35)31-21-10-12-22(38-8)13-11-21/h9-15,17-18,23,25-26,34H,16H2,1-8H3,(H,31,35)(H,32,37). The number of hydrogen-bond acceptors (Lipinski definition) is 6. The molecular formula is C30H41N3O6. The Morgan fingerprint density at radius 2 is 1.69 bits per heavy atom. The first-order valence-corrected chi connectivity index (χ1v) is 13.3. The molecule has 212 valence electrons. The van der Waals surface area contributed by atoms with Gasteiger partial charge in [-0.1, -0.05) is 26.8 Å². The lowest BCUT2D eigenvalue weighted by molar-refractivity contribution is -0.142. The molecule has 3 N–H and O–H groups in total. The monoisotopic (exact) mass is 539 g/mol. The lowest BCUT2D eigenvalue weighted by atomic mass is 9.97. The zero-order chi connectivity index (χ0) is 29.1. The van der Waals surface area contributed by atoms with Crippen molar-refractivity contribution >= 4 is 23.6 Å². The van der Waals surface area contributed by atoms with Gasteiger partial charge < -0.3 is 30.1 Å². The Bertz CT molecular complexity index is 1190. The van der Waals surface area contributed by atoms with E-state index >= 15 is 0 Å². The minimum absolute atomic E-state index is 0.0948. The Morgan fingerprint density at radius 1 is 1.08 bits per heavy atom. The summed E-state index contributed by atoms with van der Waals surface area (Å²) in [6.45, 7) is 12.7. The van der Waals surface area contributed by atoms with Crippen molar-refractivity contribution in [2.75, 3.05) is 12.4 Å². The van der Waals surface area contributed by atoms with Crippen LogP contribution in [0.4, 0.5) is 10.5 Å². The summed E-state index contributed by atoms with van der Waals surface area (Å²) in [5, 5.41) is 15.8. The SMILES string of the molecule is COc1ccc(NC(=O)C(c2ccc(O)c(C)c2)N(C(=O)C(NC(=O)OC(C)(C)C)C(C)C)C2CC2C)cc1. The minimum Gasteiger partial charge on any atom is -0.508 e. The molecule has 4 unspecified atom stereocenters. The van der Waals surface area contributed by atoms with Gasteiger partial charge in [0.05, 0.1) is 7.11 Å². The number of phenolic OH excluding ortho intramolecular Hbond substituents is 1. The highest BCUT2D eigenvalue weighted by atomic mass is 16.6. The molecule has 2 aromatic carbocycles. The molecule has 2 aromatic rings. The van der Waals surface area contributed by atoms with Crippen LogP contribution in [0.1, 0.15) is 65.1 Å². The number of benzene rings is 2. The average Bonchev–Trinajstić information content (AvgIpc) is 3.57. The Kier molecular flexibility index (Phi) is 9.14. The summed E-state index contributed by atoms with van der Waals surface area (Å²) < 4.78 is 10.6. The number of carbonyl (C=O) groups is 3. The highest BCUT2D eigenvalue weighted by molar-refractivity contribution is 5.99. The predicted molar refractivity (Wildman–Crippen MR) is 150 cm³/mol. The van der Waals surface area contributed by atoms with Gasteiger partial charge in [0, 0.05) is 11.7 Å². The van der Waals surface area contributed by atoms with Crippen molar-refractivity contribution in [1.29, 1.82) is 0 Å². The Balaban J connectivity index is 2.03. The fraction of sp³-hybridized carbons (Fsp3) is 0.500. The summed E-state index contributed by atoms with van der Waals surface area (Å²) in [6.07, 6.45) is 0.0323. The number of carbonyl (C=O) groups excluding carboxylic acids is 3. The minimum atomic E-state index is -1.00. The van der Waals surface area contributed by atoms with Crippen LogP contribution >= 0.6 is 0 Å². The number of phenols is 1. The number of aryl methyl sites for hydroxylation is 1. The van der Waals surface area contributed by atoms with Gasteiger partial charge in [0.15, 0.2) is 0 Å². The molecule has 1 fully saturated rings. The van der Waals surface area contributed by atoms with Crippen LogP contribution in [0.3, 0.4) is 0 Å². The van der Waals surface area contributed by atoms with Crippen LogP contribution < -0.4 is 15.4 Å². The third-order valence-corrected chi connectivity index (χ3v) is 6.70. The first-order valence-electron chi connectivity index (χ1n) is 13.3. The van der Waals surface area contributed by atoms with E-state index in [4.69, 9.17) is 9.47 Å². The quantitative estimate of drug-likeness (QED) is 0.405. The molecule has 9 nitrogen and oxygen atoms in total. The number of hydrogen-bond donors (Lipinski definition) is 3. The van der Waals surface area contributed by atoms with Crippen molar-refractivity contribution < 1.29 is 29.0 Å². The number of nitrogens with zero attached hydrogens (tertiary/aromatic N) is 1. The number of alkyl carbamates (subject to hydrolysis) is 1. The van der Waals surface area contributed by atoms with Crippen LogP contribution in [0, 0.1) is 18.8 Å². The molecule has 3 amide bonds. The van der Waals surface area contributed by atoms with Crippen molar-refractivity contribution in [1.82, 2.24) is 10.2 Å². The van der Waals surface area contributed by atoms with Gasteiger partial charge in [-0.3, -0.25) is 9.59 Å². The van der Waals surface area contributed by atoms with Gasteiger partial charge in [-0.15, -0.1) is 0 Å². The van der Waals surface area contributed by atoms with Crippen LogP contribution in [0.25, 0.3) is 0 Å². The number of amides is 3. The Morgan fingerprint density at radius 3 is 2.18 bits per heavy atom. The molecule has 0 aliphatic heterocycles. The molecule has 0 heterocycles. The second-order valence-electron chi connectivity index (χ2n) is 11.6. The second-order valence-corrected chi connectivity index (χ2v) is 11.6. The van der Waals surface area contributed by atoms with E-state index in [-0.39, 0.29) is 29.5 Å². The maximum Gasteiger partial charge on any atom is 0.408 e. The van der Waals surface area contributed by atoms with Crippen LogP contribution in [0.5, 0.6) is 11.5 Å². The molecule has 0 radical (unpaired) electrons. The zero-order valence-electron chi connectivity index (χ0n) is 24.1. The summed E-state index contributed by atoms with van der Waals surface area (Å²) in [4.78, 5) is 42.4. The van der Waals surface area contributed by atoms with Crippen molar-refractivity contribution in [3.05, 3.63) is 53.6 Å². The fourth-order valence-corrected chi connectivity index (χ4v) is 4.45. The molecule has 0 bridgehead atoms. The molecule has 3 rings (SSSR count). The van der Waals surface area contributed by atoms with Crippen LogP contribution in [0.2, 0.25) is 0 Å². The topological polar surface area (TPSA) is 117 Å². The Hall–Kier alpha value is -3.75. The van der Waals surface area contributed by atoms with Crippen LogP contribution in [0.15, 0.2) is 42.5 Å². The molecule has 0 spiro atoms. The van der Waals surface area contributed by atoms with E-state index < -0.39 is 29.7 Å². The van der Waals surface area contributed by atoms with Crippen molar-refractivity contribution in [2.45, 2.75) is 78.6 Å². The third kappa shape index (κ3) is 7.65. The number of anilines is 1. The molecule has 0 saturated heterocycles. The number of methoxy groups -OCH3 is 1. The number of ether oxygens (including phenoxy) is 2. The lowest BCUT2D eigenvalue weighted by Gasteiger charge is -2.36. The molecule has 9 heteroatoms. The van der Waals surface area contributed by atoms with Gasteiger partial charge in [0.1, 0.15) is 29.2 Å². The summed E-state index contributed by atoms with van der Waals surface area (Å²) >= 11 is 0. The second kappa shape index (κ2) is 12.0. The summed E-state index contributed by atoms with van der Waals surface area (Å²) in [7, 11) is 1.56. The van der Waals surface area contributed by atoms with E-state index in [9.17, 15) is 19.5 Å². The van der Waals surface area contributed by atoms with Gasteiger partial charge in [-0.05, 0) is 93.5 Å². The summed E-state index contributed by atoms with van der Waals surface area (Å²) in [5.74, 6) is -0.123. The van der Waals surface area contributed by atoms with Gasteiger partial charge in [0.2, 0.25) is 5.91 Å². The highest BCUT2D eigenvalue weighted by Gasteiger charge is 2.48. The zero-order valence-corrected chi connectivity index (χ0v) is 24.1. The fourth-order valence-electron chi connectivity index (χ4n) is 4.45. The normalized spacial score (nSPS) is 18.1. The van der Waals surface area contributed by atoms with Crippen molar-refractivity contribution in [2.24, 2.45) is 11.8 Å². The van der Waals surface area contributed by atoms with Crippen molar-refractivity contribution in [3.8, 4) is 11.5 Å². The molecule has 1 aliphatic carbocycles. The van der Waals surface area contributed by atoms with E-state index in [2.05, 4.69) is 10.6 Å². The van der Waals surface area contributed by atoms with Crippen molar-refractivity contribution in [3.63, 3.8) is 0 Å². The molecule has 0 aromatic heterocycles. The van der Waals surface area contributed by atoms with Crippen LogP contribution in [-0.2, 0) is 14.3 Å². The highest BCUT2D eigenvalue weighted by Crippen LogP contribution is 2.42. The Labute approximate surface area is 230 Å². The molecule has 1 aliphatic rings. The van der Waals surface area contributed by atoms with E-state index in [1.807, 2.05) is 20.8 Å². The molecule has 4 atom stereocenters. The van der Waals surface area contributed by atoms with Gasteiger partial charge in [-0.2, -0.15) is 0 Å². The largest absolute Gasteiger partial charge is 0.508 e. The van der Waals surface area contributed by atoms with Gasteiger partial charge in [0.25, 0.3) is 5.91 Å². The van der Waals surface area contributed by atoms with Crippen LogP contribution in [-0.4, -0.2) is 52.7 Å². The molecule has 39 heavy (non-hydrogen) atoms. The van der Waals surface area contributed by atoms with E-state index in [0.717, 1.165) is 6.42 Å². The number of rotatable bonds is 9. The van der Waals surface area contributed by atoms with E-state index in [1.165, 1.54) is 6.07 Å². The molecule has 1 saturated carbocycles.